The fourth-order valence-corrected chi connectivity index (χ4v) is 2.15. The van der Waals surface area contributed by atoms with Gasteiger partial charge in [-0.05, 0) is 45.3 Å². The van der Waals surface area contributed by atoms with Crippen molar-refractivity contribution in [3.63, 3.8) is 0 Å². The van der Waals surface area contributed by atoms with Crippen molar-refractivity contribution in [1.82, 2.24) is 15.5 Å². The van der Waals surface area contributed by atoms with Gasteiger partial charge >= 0.3 is 12.0 Å². The summed E-state index contributed by atoms with van der Waals surface area (Å²) in [6, 6.07) is -1.23. The molecule has 0 saturated heterocycles. The van der Waals surface area contributed by atoms with E-state index in [9.17, 15) is 9.59 Å². The summed E-state index contributed by atoms with van der Waals surface area (Å²) in [5, 5.41) is 14.3. The Morgan fingerprint density at radius 3 is 2.10 bits per heavy atom. The number of aliphatic carboxylic acids is 1. The molecule has 0 aliphatic heterocycles. The normalized spacial score (nSPS) is 14.0. The number of amides is 2. The number of urea groups is 1. The van der Waals surface area contributed by atoms with Crippen molar-refractivity contribution < 1.29 is 14.7 Å². The number of carboxylic acids is 1. The summed E-state index contributed by atoms with van der Waals surface area (Å²) in [6.07, 6.45) is 1.89. The Hall–Kier alpha value is -1.30. The van der Waals surface area contributed by atoms with Gasteiger partial charge in [-0.1, -0.05) is 27.7 Å². The van der Waals surface area contributed by atoms with Crippen molar-refractivity contribution in [3.8, 4) is 0 Å². The maximum absolute atomic E-state index is 11.8. The van der Waals surface area contributed by atoms with Gasteiger partial charge in [-0.15, -0.1) is 0 Å². The van der Waals surface area contributed by atoms with Gasteiger partial charge < -0.3 is 20.6 Å². The van der Waals surface area contributed by atoms with Gasteiger partial charge in [0.05, 0.1) is 0 Å². The lowest BCUT2D eigenvalue weighted by molar-refractivity contribution is -0.140. The van der Waals surface area contributed by atoms with Gasteiger partial charge in [0.15, 0.2) is 0 Å². The molecule has 0 aliphatic carbocycles. The quantitative estimate of drug-likeness (QED) is 0.575. The van der Waals surface area contributed by atoms with Gasteiger partial charge in [-0.2, -0.15) is 0 Å². The van der Waals surface area contributed by atoms with Crippen LogP contribution in [0.1, 0.15) is 47.5 Å². The molecule has 0 rings (SSSR count). The summed E-state index contributed by atoms with van der Waals surface area (Å²) in [5.74, 6) is -1.15. The standard InChI is InChI=1S/C15H31N3O3/c1-6-18(7-2)10-8-9-12(5)16-15(21)17-13(11(3)4)14(19)20/h11-13H,6-10H2,1-5H3,(H,19,20)(H2,16,17,21). The Labute approximate surface area is 128 Å². The number of carboxylic acid groups (broad SMARTS) is 1. The van der Waals surface area contributed by atoms with Crippen molar-refractivity contribution in [2.45, 2.75) is 59.5 Å². The number of rotatable bonds is 10. The molecular weight excluding hydrogens is 270 g/mol. The maximum atomic E-state index is 11.8. The Balaban J connectivity index is 4.06. The van der Waals surface area contributed by atoms with E-state index in [0.717, 1.165) is 32.5 Å². The molecule has 6 heteroatoms. The van der Waals surface area contributed by atoms with Crippen molar-refractivity contribution >= 4 is 12.0 Å². The average molecular weight is 301 g/mol. The molecule has 2 amide bonds. The number of carbonyl (C=O) groups excluding carboxylic acids is 1. The van der Waals surface area contributed by atoms with E-state index < -0.39 is 18.0 Å². The van der Waals surface area contributed by atoms with Crippen LogP contribution in [0.25, 0.3) is 0 Å². The third-order valence-electron chi connectivity index (χ3n) is 3.60. The third kappa shape index (κ3) is 8.55. The minimum absolute atomic E-state index is 0.0298. The Morgan fingerprint density at radius 1 is 1.10 bits per heavy atom. The molecular formula is C15H31N3O3. The second kappa shape index (κ2) is 10.4. The zero-order valence-electron chi connectivity index (χ0n) is 14.0. The molecule has 0 aromatic rings. The fraction of sp³-hybridized carbons (Fsp3) is 0.867. The summed E-state index contributed by atoms with van der Waals surface area (Å²) >= 11 is 0. The second-order valence-corrected chi connectivity index (χ2v) is 5.75. The minimum atomic E-state index is -1.01. The Bertz CT molecular complexity index is 317. The van der Waals surface area contributed by atoms with E-state index in [1.54, 1.807) is 13.8 Å². The highest BCUT2D eigenvalue weighted by molar-refractivity contribution is 5.82. The van der Waals surface area contributed by atoms with Crippen LogP contribution in [-0.2, 0) is 4.79 Å². The molecule has 21 heavy (non-hydrogen) atoms. The highest BCUT2D eigenvalue weighted by Crippen LogP contribution is 2.03. The zero-order valence-corrected chi connectivity index (χ0v) is 14.0. The number of nitrogens with one attached hydrogen (secondary N) is 2. The molecule has 0 bridgehead atoms. The number of hydrogen-bond acceptors (Lipinski definition) is 3. The molecule has 0 radical (unpaired) electrons. The van der Waals surface area contributed by atoms with Crippen molar-refractivity contribution in [1.29, 1.82) is 0 Å². The first kappa shape index (κ1) is 19.7. The van der Waals surface area contributed by atoms with Crippen LogP contribution in [0, 0.1) is 5.92 Å². The van der Waals surface area contributed by atoms with E-state index in [1.165, 1.54) is 0 Å². The minimum Gasteiger partial charge on any atom is -0.480 e. The van der Waals surface area contributed by atoms with Crippen LogP contribution in [0.3, 0.4) is 0 Å². The first-order valence-corrected chi connectivity index (χ1v) is 7.83. The van der Waals surface area contributed by atoms with Crippen LogP contribution in [0.5, 0.6) is 0 Å². The van der Waals surface area contributed by atoms with Crippen LogP contribution in [0.4, 0.5) is 4.79 Å². The lowest BCUT2D eigenvalue weighted by Gasteiger charge is -2.22. The molecule has 2 atom stereocenters. The summed E-state index contributed by atoms with van der Waals surface area (Å²) in [4.78, 5) is 25.2. The van der Waals surface area contributed by atoms with E-state index in [0.29, 0.717) is 0 Å². The number of hydrogen-bond donors (Lipinski definition) is 3. The molecule has 2 unspecified atom stereocenters. The smallest absolute Gasteiger partial charge is 0.326 e. The lowest BCUT2D eigenvalue weighted by Crippen LogP contribution is -2.50. The van der Waals surface area contributed by atoms with E-state index in [2.05, 4.69) is 29.4 Å². The molecule has 0 aliphatic rings. The molecule has 0 saturated carbocycles. The van der Waals surface area contributed by atoms with Crippen LogP contribution in [0.15, 0.2) is 0 Å². The monoisotopic (exact) mass is 301 g/mol. The number of nitrogens with zero attached hydrogens (tertiary/aromatic N) is 1. The van der Waals surface area contributed by atoms with Crippen LogP contribution in [-0.4, -0.2) is 53.7 Å². The van der Waals surface area contributed by atoms with Crippen molar-refractivity contribution in [2.24, 2.45) is 5.92 Å². The highest BCUT2D eigenvalue weighted by Gasteiger charge is 2.23. The lowest BCUT2D eigenvalue weighted by atomic mass is 10.1. The molecule has 0 heterocycles. The van der Waals surface area contributed by atoms with Gasteiger partial charge in [-0.3, -0.25) is 0 Å². The highest BCUT2D eigenvalue weighted by atomic mass is 16.4. The predicted molar refractivity (Wildman–Crippen MR) is 84.4 cm³/mol. The Kier molecular flexibility index (Phi) is 9.78. The van der Waals surface area contributed by atoms with Crippen LogP contribution >= 0.6 is 0 Å². The van der Waals surface area contributed by atoms with E-state index in [1.807, 2.05) is 6.92 Å². The topological polar surface area (TPSA) is 81.7 Å². The second-order valence-electron chi connectivity index (χ2n) is 5.75. The van der Waals surface area contributed by atoms with E-state index in [-0.39, 0.29) is 12.0 Å². The predicted octanol–water partition coefficient (Wildman–Crippen LogP) is 1.91. The molecule has 0 fully saturated rings. The Morgan fingerprint density at radius 2 is 1.67 bits per heavy atom. The van der Waals surface area contributed by atoms with Gasteiger partial charge in [0, 0.05) is 6.04 Å². The molecule has 0 aromatic heterocycles. The van der Waals surface area contributed by atoms with Gasteiger partial charge in [-0.25, -0.2) is 9.59 Å². The number of carbonyl (C=O) groups is 2. The van der Waals surface area contributed by atoms with Crippen LogP contribution < -0.4 is 10.6 Å². The van der Waals surface area contributed by atoms with Crippen molar-refractivity contribution in [3.05, 3.63) is 0 Å². The maximum Gasteiger partial charge on any atom is 0.326 e. The van der Waals surface area contributed by atoms with E-state index >= 15 is 0 Å². The van der Waals surface area contributed by atoms with Gasteiger partial charge in [0.25, 0.3) is 0 Å². The zero-order chi connectivity index (χ0) is 16.4. The molecule has 0 spiro atoms. The van der Waals surface area contributed by atoms with Crippen LogP contribution in [0.2, 0.25) is 0 Å². The average Bonchev–Trinajstić information content (AvgIpc) is 2.40. The third-order valence-corrected chi connectivity index (χ3v) is 3.60. The summed E-state index contributed by atoms with van der Waals surface area (Å²) in [5.41, 5.74) is 0. The molecule has 6 nitrogen and oxygen atoms in total. The first-order chi connectivity index (χ1) is 9.81. The summed E-state index contributed by atoms with van der Waals surface area (Å²) in [6.45, 7) is 12.8. The largest absolute Gasteiger partial charge is 0.480 e. The summed E-state index contributed by atoms with van der Waals surface area (Å²) < 4.78 is 0. The summed E-state index contributed by atoms with van der Waals surface area (Å²) in [7, 11) is 0. The first-order valence-electron chi connectivity index (χ1n) is 7.83. The molecule has 0 aromatic carbocycles. The molecule has 3 N–H and O–H groups in total. The fourth-order valence-electron chi connectivity index (χ4n) is 2.15. The molecule has 124 valence electrons. The van der Waals surface area contributed by atoms with E-state index in [4.69, 9.17) is 5.11 Å². The SMILES string of the molecule is CCN(CC)CCCC(C)NC(=O)NC(C(=O)O)C(C)C. The van der Waals surface area contributed by atoms with Gasteiger partial charge in [0.1, 0.15) is 6.04 Å². The van der Waals surface area contributed by atoms with Crippen molar-refractivity contribution in [2.75, 3.05) is 19.6 Å². The van der Waals surface area contributed by atoms with Gasteiger partial charge in [0.2, 0.25) is 0 Å².